The van der Waals surface area contributed by atoms with Crippen LogP contribution in [0.4, 0.5) is 102 Å². The summed E-state index contributed by atoms with van der Waals surface area (Å²) in [7, 11) is 0. The van der Waals surface area contributed by atoms with E-state index in [9.17, 15) is 0 Å². The van der Waals surface area contributed by atoms with Crippen LogP contribution in [0.5, 0.6) is 0 Å². The number of benzene rings is 22. The first-order valence-corrected chi connectivity index (χ1v) is 52.3. The van der Waals surface area contributed by atoms with Gasteiger partial charge in [-0.2, -0.15) is 0 Å². The Morgan fingerprint density at radius 2 is 0.304 bits per heavy atom. The van der Waals surface area contributed by atoms with E-state index in [0.717, 1.165) is 0 Å². The van der Waals surface area contributed by atoms with Gasteiger partial charge in [-0.25, -0.2) is 0 Å². The molecule has 6 heterocycles. The number of anilines is 18. The molecule has 0 unspecified atom stereocenters. The predicted octanol–water partition coefficient (Wildman–Crippen LogP) is 39.3. The first kappa shape index (κ1) is 90.7. The van der Waals surface area contributed by atoms with Gasteiger partial charge >= 0.3 is 0 Å². The van der Waals surface area contributed by atoms with E-state index in [0.29, 0.717) is 0 Å². The minimum Gasteiger partial charge on any atom is -0.310 e. The van der Waals surface area contributed by atoms with Crippen molar-refractivity contribution in [2.45, 2.75) is 116 Å². The lowest BCUT2D eigenvalue weighted by atomic mass is 9.71. The topological polar surface area (TPSA) is 19.4 Å². The van der Waals surface area contributed by atoms with Gasteiger partial charge in [0.1, 0.15) is 0 Å². The number of rotatable bonds is 9. The Kier molecular flexibility index (Phi) is 21.3. The maximum atomic E-state index is 2.48. The molecule has 0 bridgehead atoms. The summed E-state index contributed by atoms with van der Waals surface area (Å²) in [4.78, 5) is 14.7. The molecule has 22 aromatic carbocycles. The van der Waals surface area contributed by atoms with Crippen molar-refractivity contribution in [2.24, 2.45) is 0 Å². The molecule has 28 rings (SSSR count). The second-order valence-electron chi connectivity index (χ2n) is 44.0. The summed E-state index contributed by atoms with van der Waals surface area (Å²) >= 11 is 0. The lowest BCUT2D eigenvalue weighted by Gasteiger charge is -2.43. The van der Waals surface area contributed by atoms with E-state index in [-0.39, 0.29) is 32.5 Å². The summed E-state index contributed by atoms with van der Waals surface area (Å²) in [6, 6.07) is 179. The van der Waals surface area contributed by atoms with Gasteiger partial charge in [0, 0.05) is 66.0 Å². The molecule has 6 heteroatoms. The van der Waals surface area contributed by atoms with Crippen LogP contribution < -0.4 is 29.4 Å². The summed E-state index contributed by atoms with van der Waals surface area (Å²) < 4.78 is 0. The first-order chi connectivity index (χ1) is 72.0. The second kappa shape index (κ2) is 34.7. The molecule has 0 aliphatic carbocycles. The largest absolute Gasteiger partial charge is 0.310 e. The van der Waals surface area contributed by atoms with Gasteiger partial charge in [-0.15, -0.1) is 0 Å². The molecule has 0 aromatic heterocycles. The van der Waals surface area contributed by atoms with Crippen LogP contribution in [0.2, 0.25) is 0 Å². The third kappa shape index (κ3) is 14.5. The summed E-state index contributed by atoms with van der Waals surface area (Å²) in [5, 5.41) is 10.00. The zero-order chi connectivity index (χ0) is 100. The first-order valence-electron chi connectivity index (χ1n) is 52.3. The summed E-state index contributed by atoms with van der Waals surface area (Å²) in [6.07, 6.45) is 0. The van der Waals surface area contributed by atoms with Gasteiger partial charge in [0.25, 0.3) is 0 Å². The number of fused-ring (bicyclic) bond motifs is 16. The van der Waals surface area contributed by atoms with Gasteiger partial charge in [-0.05, 0) is 302 Å². The fourth-order valence-electron chi connectivity index (χ4n) is 25.5. The second-order valence-corrected chi connectivity index (χ2v) is 44.0. The Labute approximate surface area is 869 Å². The van der Waals surface area contributed by atoms with E-state index in [2.05, 4.69) is 598 Å². The van der Waals surface area contributed by atoms with E-state index < -0.39 is 0 Å². The molecule has 0 N–H and O–H groups in total. The smallest absolute Gasteiger partial charge is 0.0540 e. The molecular formula is C142H116N6. The van der Waals surface area contributed by atoms with Gasteiger partial charge in [0.2, 0.25) is 0 Å². The predicted molar refractivity (Wildman–Crippen MR) is 627 cm³/mol. The molecule has 0 spiro atoms. The van der Waals surface area contributed by atoms with E-state index >= 15 is 0 Å². The normalized spacial score (nSPS) is 15.3. The third-order valence-corrected chi connectivity index (χ3v) is 33.4. The van der Waals surface area contributed by atoms with Crippen LogP contribution in [-0.4, -0.2) is 0 Å². The lowest BCUT2D eigenvalue weighted by molar-refractivity contribution is 0.631. The van der Waals surface area contributed by atoms with Crippen LogP contribution in [0.15, 0.2) is 485 Å². The average molecular weight is 1910 g/mol. The van der Waals surface area contributed by atoms with Crippen LogP contribution >= 0.6 is 0 Å². The van der Waals surface area contributed by atoms with Crippen LogP contribution in [0.25, 0.3) is 76.5 Å². The summed E-state index contributed by atoms with van der Waals surface area (Å²) in [5.41, 5.74) is 44.4. The zero-order valence-electron chi connectivity index (χ0n) is 85.9. The minimum absolute atomic E-state index is 0.149. The molecule has 714 valence electrons. The highest BCUT2D eigenvalue weighted by Gasteiger charge is 2.46. The molecule has 0 saturated carbocycles. The van der Waals surface area contributed by atoms with E-state index in [1.807, 2.05) is 0 Å². The SMILES string of the molecule is CC1(C)c2ccccc2N(c2ccc3ccccc3c2)c2ccc(-c3ccc4c(c3)C(C)(C)c3ccccc3N4c3ccc4ccccc4c3)cc21.CC1(C)c2ccccc2N(c2cccc3ccccc23)c2ccc(-c3ccc4c(c3)C(C)(C)c3ccccc3N4c3cccc4ccccc34)cc21.CC1(C)c2ccccc2N(c2ccccc2)c2ccc(-c3ccc4c(c3)C(C)(C)c3ccccc3N4c3ccccc3)cc21. The molecule has 0 radical (unpaired) electrons. The molecule has 0 saturated heterocycles. The number of hydrogen-bond acceptors (Lipinski definition) is 6. The number of hydrogen-bond donors (Lipinski definition) is 0. The highest BCUT2D eigenvalue weighted by molar-refractivity contribution is 6.05. The van der Waals surface area contributed by atoms with Crippen LogP contribution in [0, 0.1) is 0 Å². The molecule has 6 nitrogen and oxygen atoms in total. The van der Waals surface area contributed by atoms with Crippen molar-refractivity contribution in [3.63, 3.8) is 0 Å². The van der Waals surface area contributed by atoms with Crippen molar-refractivity contribution < 1.29 is 0 Å². The highest BCUT2D eigenvalue weighted by atomic mass is 15.2. The number of para-hydroxylation sites is 8. The van der Waals surface area contributed by atoms with Gasteiger partial charge in [-0.1, -0.05) is 399 Å². The maximum Gasteiger partial charge on any atom is 0.0540 e. The minimum atomic E-state index is -0.194. The third-order valence-electron chi connectivity index (χ3n) is 33.4. The Morgan fingerprint density at radius 3 is 0.574 bits per heavy atom. The molecule has 148 heavy (non-hydrogen) atoms. The molecule has 6 aliphatic heterocycles. The summed E-state index contributed by atoms with van der Waals surface area (Å²) in [6.45, 7) is 28.5. The fourth-order valence-corrected chi connectivity index (χ4v) is 25.5. The lowest BCUT2D eigenvalue weighted by Crippen LogP contribution is -2.31. The average Bonchev–Trinajstić information content (AvgIpc) is 0.737. The van der Waals surface area contributed by atoms with Crippen molar-refractivity contribution in [1.29, 1.82) is 0 Å². The van der Waals surface area contributed by atoms with E-state index in [4.69, 9.17) is 0 Å². The van der Waals surface area contributed by atoms with Crippen LogP contribution in [0.3, 0.4) is 0 Å². The molecule has 6 aliphatic rings. The van der Waals surface area contributed by atoms with Gasteiger partial charge < -0.3 is 29.4 Å². The molecule has 0 atom stereocenters. The van der Waals surface area contributed by atoms with Crippen molar-refractivity contribution >= 4 is 145 Å². The Morgan fingerprint density at radius 1 is 0.115 bits per heavy atom. The number of nitrogens with zero attached hydrogens (tertiary/aromatic N) is 6. The van der Waals surface area contributed by atoms with Crippen molar-refractivity contribution in [3.8, 4) is 33.4 Å². The summed E-state index contributed by atoms with van der Waals surface area (Å²) in [5.74, 6) is 0. The monoisotopic (exact) mass is 1900 g/mol. The molecule has 0 fully saturated rings. The molecule has 22 aromatic rings. The van der Waals surface area contributed by atoms with Crippen molar-refractivity contribution in [1.82, 2.24) is 0 Å². The van der Waals surface area contributed by atoms with Gasteiger partial charge in [-0.3, -0.25) is 0 Å². The Hall–Kier alpha value is -17.3. The van der Waals surface area contributed by atoms with Crippen LogP contribution in [-0.2, 0) is 32.5 Å². The van der Waals surface area contributed by atoms with Crippen LogP contribution in [0.1, 0.15) is 150 Å². The fraction of sp³-hybridized carbons (Fsp3) is 0.127. The quantitative estimate of drug-likeness (QED) is 0.142. The maximum absolute atomic E-state index is 2.48. The molecular weight excluding hydrogens is 1790 g/mol. The van der Waals surface area contributed by atoms with Gasteiger partial charge in [0.05, 0.1) is 79.6 Å². The molecule has 0 amide bonds. The zero-order valence-corrected chi connectivity index (χ0v) is 85.9. The Balaban J connectivity index is 0.000000113. The Bertz CT molecular complexity index is 8570. The van der Waals surface area contributed by atoms with E-state index in [1.165, 1.54) is 246 Å². The van der Waals surface area contributed by atoms with Gasteiger partial charge in [0.15, 0.2) is 0 Å². The van der Waals surface area contributed by atoms with Crippen molar-refractivity contribution in [3.05, 3.63) is 552 Å². The standard InChI is InChI=1S/2C50H40N2.C42H36N2/c1-49(2)39-21-9-11-23-45(39)51(43-25-13-17-33-15-5-7-19-37(33)43)47-29-27-35(31-41(47)49)36-28-30-48-42(32-36)50(3,4)40-22-10-12-24-46(40)52(48)44-26-14-18-34-16-6-8-20-38(34)44;1-49(2)41-17-9-11-19-45(41)51(39-25-21-33-13-5-7-15-35(33)29-39)47-27-23-37(31-43(47)49)38-24-28-48-44(32-38)50(3,4)42-18-10-12-20-46(42)52(48)40-26-22-34-14-6-8-16-36(34)30-40;1-41(2)33-19-11-13-21-37(33)43(31-15-7-5-8-16-31)39-25-23-29(27-35(39)41)30-24-26-40-36(28-30)42(3,4)34-20-12-14-22-38(34)44(40)32-17-9-6-10-18-32/h2*5-32H,1-4H3;5-28H,1-4H3. The van der Waals surface area contributed by atoms with E-state index in [1.54, 1.807) is 0 Å². The highest BCUT2D eigenvalue weighted by Crippen LogP contribution is 2.62. The van der Waals surface area contributed by atoms with Crippen molar-refractivity contribution in [2.75, 3.05) is 29.4 Å².